The zero-order valence-electron chi connectivity index (χ0n) is 35.7. The lowest BCUT2D eigenvalue weighted by atomic mass is 9.82. The number of hydrogen-bond donors (Lipinski definition) is 0. The van der Waals surface area contributed by atoms with Gasteiger partial charge in [0, 0.05) is 38.6 Å². The van der Waals surface area contributed by atoms with E-state index in [0.717, 1.165) is 46.1 Å². The average molecular weight is 819 g/mol. The van der Waals surface area contributed by atoms with Crippen LogP contribution < -0.4 is 0 Å². The Bertz CT molecular complexity index is 3780. The molecule has 0 radical (unpaired) electrons. The number of benzene rings is 9. The third-order valence-electron chi connectivity index (χ3n) is 13.9. The van der Waals surface area contributed by atoms with Crippen molar-refractivity contribution in [2.45, 2.75) is 32.1 Å². The van der Waals surface area contributed by atoms with Gasteiger partial charge in [-0.05, 0) is 127 Å². The molecule has 11 aromatic rings. The van der Waals surface area contributed by atoms with Crippen molar-refractivity contribution in [1.82, 2.24) is 19.5 Å². The maximum absolute atomic E-state index is 5.27. The van der Waals surface area contributed by atoms with Crippen LogP contribution in [0.4, 0.5) is 0 Å². The van der Waals surface area contributed by atoms with Gasteiger partial charge in [-0.1, -0.05) is 159 Å². The Morgan fingerprint density at radius 2 is 1.03 bits per heavy atom. The molecule has 13 rings (SSSR count). The monoisotopic (exact) mass is 818 g/mol. The van der Waals surface area contributed by atoms with Crippen LogP contribution in [0.25, 0.3) is 111 Å². The van der Waals surface area contributed by atoms with E-state index in [1.807, 2.05) is 18.2 Å². The van der Waals surface area contributed by atoms with Crippen LogP contribution in [0.3, 0.4) is 0 Å². The first-order valence-corrected chi connectivity index (χ1v) is 22.3. The lowest BCUT2D eigenvalue weighted by Gasteiger charge is -2.21. The number of allylic oxidation sites excluding steroid dienone is 4. The van der Waals surface area contributed by atoms with E-state index in [2.05, 4.69) is 194 Å². The van der Waals surface area contributed by atoms with Gasteiger partial charge in [0.1, 0.15) is 0 Å². The molecule has 0 unspecified atom stereocenters. The van der Waals surface area contributed by atoms with Crippen molar-refractivity contribution < 1.29 is 0 Å². The Hall–Kier alpha value is -7.95. The molecule has 2 aliphatic rings. The summed E-state index contributed by atoms with van der Waals surface area (Å²) < 4.78 is 2.48. The van der Waals surface area contributed by atoms with Gasteiger partial charge in [0.2, 0.25) is 0 Å². The summed E-state index contributed by atoms with van der Waals surface area (Å²) >= 11 is 0. The number of fused-ring (bicyclic) bond motifs is 12. The molecule has 64 heavy (non-hydrogen) atoms. The van der Waals surface area contributed by atoms with Crippen LogP contribution in [0, 0.1) is 0 Å². The molecule has 2 aliphatic carbocycles. The number of rotatable bonds is 5. The molecule has 4 heteroatoms. The van der Waals surface area contributed by atoms with Crippen LogP contribution in [0.5, 0.6) is 0 Å². The van der Waals surface area contributed by atoms with Crippen LogP contribution in [0.2, 0.25) is 0 Å². The Morgan fingerprint density at radius 3 is 1.77 bits per heavy atom. The molecule has 0 N–H and O–H groups in total. The summed E-state index contributed by atoms with van der Waals surface area (Å²) in [5.74, 6) is 1.96. The van der Waals surface area contributed by atoms with E-state index in [4.69, 9.17) is 15.0 Å². The molecule has 0 saturated carbocycles. The summed E-state index contributed by atoms with van der Waals surface area (Å²) in [4.78, 5) is 15.6. The maximum atomic E-state index is 5.27. The van der Waals surface area contributed by atoms with Gasteiger partial charge in [-0.15, -0.1) is 0 Å². The molecule has 0 aliphatic heterocycles. The highest BCUT2D eigenvalue weighted by molar-refractivity contribution is 6.25. The van der Waals surface area contributed by atoms with Crippen LogP contribution in [0.1, 0.15) is 43.4 Å². The van der Waals surface area contributed by atoms with E-state index in [0.29, 0.717) is 17.5 Å². The van der Waals surface area contributed by atoms with Crippen molar-refractivity contribution >= 4 is 59.7 Å². The fourth-order valence-electron chi connectivity index (χ4n) is 10.7. The van der Waals surface area contributed by atoms with Crippen molar-refractivity contribution in [1.29, 1.82) is 0 Å². The first-order chi connectivity index (χ1) is 31.5. The molecule has 0 atom stereocenters. The number of nitrogens with zero attached hydrogens (tertiary/aromatic N) is 4. The van der Waals surface area contributed by atoms with E-state index >= 15 is 0 Å². The minimum absolute atomic E-state index is 0.151. The van der Waals surface area contributed by atoms with Gasteiger partial charge in [0.25, 0.3) is 0 Å². The lowest BCUT2D eigenvalue weighted by molar-refractivity contribution is 0.661. The van der Waals surface area contributed by atoms with Crippen molar-refractivity contribution in [3.8, 4) is 51.0 Å². The standard InChI is InChI=1S/C60H42N4/c1-60(2)53-27-14-13-26-48(53)50-35-52-51-33-41(59-62-57(38-18-7-4-8-19-38)61-58(63-59)40-21-15-20-39(32-40)37-16-5-3-6-17-37)28-31-55(51)64(56(52)36-54(50)60)42-29-30-47-45-24-10-9-22-43(45)44-23-11-12-25-46(44)49(47)34-42/h3-5,7-16,18-36H,6,17H2,1-2H3. The first kappa shape index (κ1) is 36.7. The highest BCUT2D eigenvalue weighted by Gasteiger charge is 2.36. The molecule has 4 nitrogen and oxygen atoms in total. The molecule has 0 fully saturated rings. The van der Waals surface area contributed by atoms with Gasteiger partial charge in [-0.25, -0.2) is 15.0 Å². The minimum Gasteiger partial charge on any atom is -0.309 e. The van der Waals surface area contributed by atoms with Crippen LogP contribution in [-0.4, -0.2) is 19.5 Å². The first-order valence-electron chi connectivity index (χ1n) is 22.3. The number of hydrogen-bond acceptors (Lipinski definition) is 3. The quantitative estimate of drug-likeness (QED) is 0.163. The SMILES string of the molecule is CC1(C)c2ccccc2-c2cc3c4cc(-c5nc(-c6ccccc6)nc(-c6cccc(C7=CC=CCC7)c6)n5)ccc4n(-c4ccc5c6ccccc6c6ccccc6c5c4)c3cc21. The van der Waals surface area contributed by atoms with Gasteiger partial charge in [0.15, 0.2) is 17.5 Å². The van der Waals surface area contributed by atoms with E-state index < -0.39 is 0 Å². The van der Waals surface area contributed by atoms with Crippen LogP contribution in [-0.2, 0) is 5.41 Å². The Balaban J connectivity index is 1.06. The van der Waals surface area contributed by atoms with E-state index in [1.165, 1.54) is 76.6 Å². The third kappa shape index (κ3) is 5.58. The molecular formula is C60H42N4. The normalized spacial score (nSPS) is 14.1. The second-order valence-corrected chi connectivity index (χ2v) is 17.9. The third-order valence-corrected chi connectivity index (χ3v) is 13.9. The van der Waals surface area contributed by atoms with E-state index in [-0.39, 0.29) is 5.41 Å². The fourth-order valence-corrected chi connectivity index (χ4v) is 10.7. The summed E-state index contributed by atoms with van der Waals surface area (Å²) in [6, 6.07) is 64.2. The Labute approximate surface area is 371 Å². The van der Waals surface area contributed by atoms with Gasteiger partial charge in [-0.3, -0.25) is 0 Å². The zero-order chi connectivity index (χ0) is 42.5. The highest BCUT2D eigenvalue weighted by Crippen LogP contribution is 2.51. The molecule has 0 bridgehead atoms. The fraction of sp³-hybridized carbons (Fsp3) is 0.0833. The molecule has 0 saturated heterocycles. The largest absolute Gasteiger partial charge is 0.309 e. The molecule has 2 aromatic heterocycles. The summed E-state index contributed by atoms with van der Waals surface area (Å²) in [6.45, 7) is 4.73. The van der Waals surface area contributed by atoms with Crippen molar-refractivity contribution in [2.24, 2.45) is 0 Å². The topological polar surface area (TPSA) is 43.6 Å². The molecular weight excluding hydrogens is 777 g/mol. The molecule has 0 amide bonds. The van der Waals surface area contributed by atoms with Crippen LogP contribution >= 0.6 is 0 Å². The lowest BCUT2D eigenvalue weighted by Crippen LogP contribution is -2.14. The predicted octanol–water partition coefficient (Wildman–Crippen LogP) is 15.5. The number of aromatic nitrogens is 4. The van der Waals surface area contributed by atoms with Gasteiger partial charge >= 0.3 is 0 Å². The molecule has 2 heterocycles. The summed E-state index contributed by atoms with van der Waals surface area (Å²) in [5, 5.41) is 9.95. The molecule has 0 spiro atoms. The Kier molecular flexibility index (Phi) is 8.04. The van der Waals surface area contributed by atoms with Gasteiger partial charge in [-0.2, -0.15) is 0 Å². The highest BCUT2D eigenvalue weighted by atomic mass is 15.0. The van der Waals surface area contributed by atoms with Crippen molar-refractivity contribution in [3.63, 3.8) is 0 Å². The second kappa shape index (κ2) is 14.0. The predicted molar refractivity (Wildman–Crippen MR) is 267 cm³/mol. The maximum Gasteiger partial charge on any atom is 0.164 e. The average Bonchev–Trinajstić information content (AvgIpc) is 3.80. The van der Waals surface area contributed by atoms with Crippen LogP contribution in [0.15, 0.2) is 194 Å². The minimum atomic E-state index is -0.151. The molecule has 9 aromatic carbocycles. The zero-order valence-corrected chi connectivity index (χ0v) is 35.7. The smallest absolute Gasteiger partial charge is 0.164 e. The Morgan fingerprint density at radius 1 is 0.422 bits per heavy atom. The summed E-state index contributed by atoms with van der Waals surface area (Å²) in [5.41, 5.74) is 14.0. The summed E-state index contributed by atoms with van der Waals surface area (Å²) in [7, 11) is 0. The van der Waals surface area contributed by atoms with Gasteiger partial charge < -0.3 is 4.57 Å². The van der Waals surface area contributed by atoms with E-state index in [1.54, 1.807) is 0 Å². The molecule has 302 valence electrons. The summed E-state index contributed by atoms with van der Waals surface area (Å²) in [6.07, 6.45) is 8.67. The second-order valence-electron chi connectivity index (χ2n) is 17.9. The van der Waals surface area contributed by atoms with Crippen molar-refractivity contribution in [3.05, 3.63) is 211 Å². The van der Waals surface area contributed by atoms with Gasteiger partial charge in [0.05, 0.1) is 11.0 Å². The van der Waals surface area contributed by atoms with E-state index in [9.17, 15) is 0 Å². The van der Waals surface area contributed by atoms with Crippen molar-refractivity contribution in [2.75, 3.05) is 0 Å².